The highest BCUT2D eigenvalue weighted by Crippen LogP contribution is 2.19. The minimum Gasteiger partial charge on any atom is -0.292 e. The van der Waals surface area contributed by atoms with E-state index in [-0.39, 0.29) is 0 Å². The Kier molecular flexibility index (Phi) is 2.63. The van der Waals surface area contributed by atoms with Gasteiger partial charge >= 0.3 is 0 Å². The largest absolute Gasteiger partial charge is 0.292 e. The standard InChI is InChI=1S/C7H8BrNS/c1-5(9-2)7-3-6(8)4-10-7/h3-4H,1-2H3. The molecule has 3 heteroatoms. The molecule has 0 radical (unpaired) electrons. The van der Waals surface area contributed by atoms with Gasteiger partial charge in [0.1, 0.15) is 0 Å². The highest BCUT2D eigenvalue weighted by atomic mass is 79.9. The Bertz CT molecular complexity index is 252. The van der Waals surface area contributed by atoms with Crippen molar-refractivity contribution in [2.45, 2.75) is 6.92 Å². The Morgan fingerprint density at radius 1 is 1.70 bits per heavy atom. The predicted octanol–water partition coefficient (Wildman–Crippen LogP) is 2.95. The van der Waals surface area contributed by atoms with Crippen LogP contribution < -0.4 is 0 Å². The maximum Gasteiger partial charge on any atom is 0.0489 e. The van der Waals surface area contributed by atoms with Crippen molar-refractivity contribution < 1.29 is 0 Å². The van der Waals surface area contributed by atoms with E-state index in [0.29, 0.717) is 0 Å². The lowest BCUT2D eigenvalue weighted by Crippen LogP contribution is -1.87. The van der Waals surface area contributed by atoms with Crippen LogP contribution in [0.5, 0.6) is 0 Å². The molecular weight excluding hydrogens is 210 g/mol. The van der Waals surface area contributed by atoms with E-state index in [1.807, 2.05) is 14.0 Å². The average Bonchev–Trinajstić information content (AvgIpc) is 2.34. The van der Waals surface area contributed by atoms with Crippen LogP contribution >= 0.6 is 27.3 Å². The minimum absolute atomic E-state index is 1.09. The molecule has 0 aliphatic heterocycles. The Labute approximate surface area is 72.9 Å². The highest BCUT2D eigenvalue weighted by molar-refractivity contribution is 9.10. The lowest BCUT2D eigenvalue weighted by atomic mass is 10.3. The molecule has 0 saturated carbocycles. The van der Waals surface area contributed by atoms with Crippen molar-refractivity contribution in [1.82, 2.24) is 0 Å². The lowest BCUT2D eigenvalue weighted by molar-refractivity contribution is 1.42. The zero-order chi connectivity index (χ0) is 7.56. The zero-order valence-electron chi connectivity index (χ0n) is 5.89. The van der Waals surface area contributed by atoms with Gasteiger partial charge in [0.25, 0.3) is 0 Å². The first kappa shape index (κ1) is 7.95. The zero-order valence-corrected chi connectivity index (χ0v) is 8.29. The fourth-order valence-electron chi connectivity index (χ4n) is 0.613. The molecule has 0 aromatic carbocycles. The number of hydrogen-bond donors (Lipinski definition) is 0. The second-order valence-corrected chi connectivity index (χ2v) is 3.77. The molecule has 1 aromatic heterocycles. The fraction of sp³-hybridized carbons (Fsp3) is 0.286. The number of nitrogens with zero attached hydrogens (tertiary/aromatic N) is 1. The van der Waals surface area contributed by atoms with E-state index in [0.717, 1.165) is 10.2 Å². The molecule has 0 spiro atoms. The van der Waals surface area contributed by atoms with Gasteiger partial charge in [0.2, 0.25) is 0 Å². The summed E-state index contributed by atoms with van der Waals surface area (Å²) < 4.78 is 1.13. The molecule has 1 rings (SSSR count). The molecule has 0 aliphatic carbocycles. The number of thiophene rings is 1. The topological polar surface area (TPSA) is 12.4 Å². The molecule has 0 aliphatic rings. The highest BCUT2D eigenvalue weighted by Gasteiger charge is 1.98. The smallest absolute Gasteiger partial charge is 0.0489 e. The third-order valence-electron chi connectivity index (χ3n) is 1.26. The van der Waals surface area contributed by atoms with Crippen molar-refractivity contribution in [1.29, 1.82) is 0 Å². The molecule has 1 heterocycles. The first-order chi connectivity index (χ1) is 4.74. The van der Waals surface area contributed by atoms with Crippen molar-refractivity contribution in [3.63, 3.8) is 0 Å². The van der Waals surface area contributed by atoms with Crippen LogP contribution in [0.25, 0.3) is 0 Å². The lowest BCUT2D eigenvalue weighted by Gasteiger charge is -1.89. The van der Waals surface area contributed by atoms with Gasteiger partial charge in [0.05, 0.1) is 0 Å². The molecule has 0 atom stereocenters. The van der Waals surface area contributed by atoms with E-state index in [2.05, 4.69) is 32.4 Å². The second kappa shape index (κ2) is 3.30. The second-order valence-electron chi connectivity index (χ2n) is 1.94. The summed E-state index contributed by atoms with van der Waals surface area (Å²) in [5.74, 6) is 0. The quantitative estimate of drug-likeness (QED) is 0.642. The first-order valence-corrected chi connectivity index (χ1v) is 4.59. The number of aliphatic imine (C=N–C) groups is 1. The number of hydrogen-bond acceptors (Lipinski definition) is 2. The minimum atomic E-state index is 1.09. The molecule has 0 amide bonds. The predicted molar refractivity (Wildman–Crippen MR) is 50.2 cm³/mol. The van der Waals surface area contributed by atoms with Crippen molar-refractivity contribution in [2.75, 3.05) is 7.05 Å². The fourth-order valence-corrected chi connectivity index (χ4v) is 2.04. The van der Waals surface area contributed by atoms with Crippen LogP contribution in [0.2, 0.25) is 0 Å². The van der Waals surface area contributed by atoms with Gasteiger partial charge < -0.3 is 0 Å². The molecular formula is C7H8BrNS. The van der Waals surface area contributed by atoms with Gasteiger partial charge in [-0.2, -0.15) is 0 Å². The number of rotatable bonds is 1. The van der Waals surface area contributed by atoms with Gasteiger partial charge in [-0.3, -0.25) is 4.99 Å². The van der Waals surface area contributed by atoms with Gasteiger partial charge in [0.15, 0.2) is 0 Å². The summed E-state index contributed by atoms with van der Waals surface area (Å²) in [6.07, 6.45) is 0. The van der Waals surface area contributed by atoms with Crippen LogP contribution in [0.3, 0.4) is 0 Å². The summed E-state index contributed by atoms with van der Waals surface area (Å²) in [5.41, 5.74) is 1.09. The summed E-state index contributed by atoms with van der Waals surface area (Å²) in [5, 5.41) is 2.06. The molecule has 1 aromatic rings. The van der Waals surface area contributed by atoms with Gasteiger partial charge in [0, 0.05) is 27.5 Å². The van der Waals surface area contributed by atoms with E-state index in [1.54, 1.807) is 11.3 Å². The summed E-state index contributed by atoms with van der Waals surface area (Å²) in [4.78, 5) is 5.31. The summed E-state index contributed by atoms with van der Waals surface area (Å²) in [6, 6.07) is 2.08. The van der Waals surface area contributed by atoms with Gasteiger partial charge in [-0.15, -0.1) is 11.3 Å². The van der Waals surface area contributed by atoms with Crippen LogP contribution in [-0.2, 0) is 0 Å². The van der Waals surface area contributed by atoms with Crippen molar-refractivity contribution in [2.24, 2.45) is 4.99 Å². The molecule has 0 N–H and O–H groups in total. The third-order valence-corrected chi connectivity index (χ3v) is 3.06. The van der Waals surface area contributed by atoms with Crippen LogP contribution in [0.15, 0.2) is 20.9 Å². The molecule has 54 valence electrons. The van der Waals surface area contributed by atoms with E-state index in [1.165, 1.54) is 4.88 Å². The van der Waals surface area contributed by atoms with E-state index < -0.39 is 0 Å². The molecule has 0 fully saturated rings. The maximum absolute atomic E-state index is 4.08. The Hall–Kier alpha value is -0.150. The van der Waals surface area contributed by atoms with Crippen LogP contribution in [0.1, 0.15) is 11.8 Å². The van der Waals surface area contributed by atoms with Crippen molar-refractivity contribution >= 4 is 33.0 Å². The summed E-state index contributed by atoms with van der Waals surface area (Å²) in [6.45, 7) is 2.01. The maximum atomic E-state index is 4.08. The normalized spacial score (nSPS) is 12.1. The van der Waals surface area contributed by atoms with E-state index >= 15 is 0 Å². The first-order valence-electron chi connectivity index (χ1n) is 2.92. The van der Waals surface area contributed by atoms with Crippen molar-refractivity contribution in [3.8, 4) is 0 Å². The van der Waals surface area contributed by atoms with Crippen LogP contribution in [0.4, 0.5) is 0 Å². The molecule has 0 bridgehead atoms. The van der Waals surface area contributed by atoms with Crippen molar-refractivity contribution in [3.05, 3.63) is 20.8 Å². The summed E-state index contributed by atoms with van der Waals surface area (Å²) in [7, 11) is 1.81. The van der Waals surface area contributed by atoms with Crippen LogP contribution in [-0.4, -0.2) is 12.8 Å². The Morgan fingerprint density at radius 2 is 2.40 bits per heavy atom. The molecule has 0 unspecified atom stereocenters. The third kappa shape index (κ3) is 1.67. The van der Waals surface area contributed by atoms with E-state index in [9.17, 15) is 0 Å². The Morgan fingerprint density at radius 3 is 2.80 bits per heavy atom. The number of halogens is 1. The van der Waals surface area contributed by atoms with Gasteiger partial charge in [-0.25, -0.2) is 0 Å². The van der Waals surface area contributed by atoms with Gasteiger partial charge in [-0.1, -0.05) is 0 Å². The van der Waals surface area contributed by atoms with Gasteiger partial charge in [-0.05, 0) is 28.9 Å². The SMILES string of the molecule is CN=C(C)c1cc(Br)cs1. The van der Waals surface area contributed by atoms with Crippen LogP contribution in [0, 0.1) is 0 Å². The monoisotopic (exact) mass is 217 g/mol. The van der Waals surface area contributed by atoms with E-state index in [4.69, 9.17) is 0 Å². The molecule has 0 saturated heterocycles. The average molecular weight is 218 g/mol. The Balaban J connectivity index is 2.95. The summed E-state index contributed by atoms with van der Waals surface area (Å²) >= 11 is 5.09. The molecule has 1 nitrogen and oxygen atoms in total. The molecule has 10 heavy (non-hydrogen) atoms.